The van der Waals surface area contributed by atoms with Gasteiger partial charge in [-0.2, -0.15) is 0 Å². The number of benzene rings is 3. The molecule has 1 heterocycles. The fourth-order valence-electron chi connectivity index (χ4n) is 4.93. The molecule has 1 unspecified atom stereocenters. The number of aliphatic hydroxyl groups is 1. The molecule has 7 heteroatoms. The quantitative estimate of drug-likeness (QED) is 0.247. The maximum absolute atomic E-state index is 12.7. The summed E-state index contributed by atoms with van der Waals surface area (Å²) in [5.41, 5.74) is 4.77. The number of carbonyl (C=O) groups is 2. The van der Waals surface area contributed by atoms with Gasteiger partial charge >= 0.3 is 0 Å². The third-order valence-electron chi connectivity index (χ3n) is 7.23. The van der Waals surface area contributed by atoms with Crippen molar-refractivity contribution in [3.05, 3.63) is 113 Å². The van der Waals surface area contributed by atoms with E-state index in [1.807, 2.05) is 61.7 Å². The van der Waals surface area contributed by atoms with E-state index in [9.17, 15) is 14.7 Å². The zero-order valence-electron chi connectivity index (χ0n) is 23.4. The van der Waals surface area contributed by atoms with Crippen LogP contribution in [-0.2, 0) is 27.3 Å². The van der Waals surface area contributed by atoms with E-state index < -0.39 is 6.29 Å². The molecule has 40 heavy (non-hydrogen) atoms. The van der Waals surface area contributed by atoms with Crippen LogP contribution in [0.2, 0.25) is 0 Å². The molecule has 1 fully saturated rings. The standard InChI is InChI=1S/C33H38N2O5/c1-5-17-35(4)20-30-22(2)32(26-13-11-25(21-36)12-14-26)40-33(39-30)27-15-9-24(10-16-27)18-31(38)34-29-8-6-7-28(19-29)23(3)37/h5-16,19,22,30,32-33,36H,1,17-18,20-21H2,2-4H3,(H,34,38)/t22-,30+,32+,33?/m0/s1. The highest BCUT2D eigenvalue weighted by molar-refractivity contribution is 5.97. The molecule has 4 atom stereocenters. The lowest BCUT2D eigenvalue weighted by Crippen LogP contribution is -2.43. The van der Waals surface area contributed by atoms with Crippen molar-refractivity contribution < 1.29 is 24.2 Å². The Kier molecular flexibility index (Phi) is 10.0. The minimum Gasteiger partial charge on any atom is -0.392 e. The Bertz CT molecular complexity index is 1310. The SMILES string of the molecule is C=CCN(C)C[C@H]1OC(c2ccc(CC(=O)Nc3cccc(C(C)=O)c3)cc2)O[C@@H](c2ccc(CO)cc2)[C@H]1C. The van der Waals surface area contributed by atoms with E-state index >= 15 is 0 Å². The number of anilines is 1. The van der Waals surface area contributed by atoms with Gasteiger partial charge in [0.05, 0.1) is 25.2 Å². The van der Waals surface area contributed by atoms with Gasteiger partial charge in [-0.15, -0.1) is 6.58 Å². The Morgan fingerprint density at radius 1 is 1.00 bits per heavy atom. The molecule has 1 saturated heterocycles. The Balaban J connectivity index is 1.48. The van der Waals surface area contributed by atoms with Crippen LogP contribution in [-0.4, -0.2) is 47.9 Å². The number of amides is 1. The number of ether oxygens (including phenoxy) is 2. The van der Waals surface area contributed by atoms with Crippen molar-refractivity contribution in [2.45, 2.75) is 45.4 Å². The van der Waals surface area contributed by atoms with Crippen LogP contribution in [0.4, 0.5) is 5.69 Å². The first-order valence-corrected chi connectivity index (χ1v) is 13.6. The van der Waals surface area contributed by atoms with E-state index in [4.69, 9.17) is 9.47 Å². The molecule has 0 aliphatic carbocycles. The molecule has 4 rings (SSSR count). The van der Waals surface area contributed by atoms with E-state index in [1.165, 1.54) is 6.92 Å². The maximum atomic E-state index is 12.7. The molecule has 0 saturated carbocycles. The molecular weight excluding hydrogens is 504 g/mol. The molecule has 2 N–H and O–H groups in total. The van der Waals surface area contributed by atoms with Crippen molar-refractivity contribution in [3.8, 4) is 0 Å². The smallest absolute Gasteiger partial charge is 0.228 e. The average Bonchev–Trinajstić information content (AvgIpc) is 2.95. The third-order valence-corrected chi connectivity index (χ3v) is 7.23. The van der Waals surface area contributed by atoms with Gasteiger partial charge in [0.2, 0.25) is 5.91 Å². The summed E-state index contributed by atoms with van der Waals surface area (Å²) in [5.74, 6) is -0.121. The topological polar surface area (TPSA) is 88.1 Å². The first-order valence-electron chi connectivity index (χ1n) is 13.6. The molecule has 210 valence electrons. The summed E-state index contributed by atoms with van der Waals surface area (Å²) in [6.07, 6.45) is 1.23. The van der Waals surface area contributed by atoms with Gasteiger partial charge in [-0.05, 0) is 42.8 Å². The van der Waals surface area contributed by atoms with E-state index in [0.717, 1.165) is 35.3 Å². The summed E-state index contributed by atoms with van der Waals surface area (Å²) < 4.78 is 13.0. The molecule has 1 amide bonds. The Morgan fingerprint density at radius 2 is 1.68 bits per heavy atom. The lowest BCUT2D eigenvalue weighted by molar-refractivity contribution is -0.275. The summed E-state index contributed by atoms with van der Waals surface area (Å²) in [6, 6.07) is 22.5. The molecule has 0 bridgehead atoms. The van der Waals surface area contributed by atoms with Gasteiger partial charge < -0.3 is 24.8 Å². The number of nitrogens with zero attached hydrogens (tertiary/aromatic N) is 1. The zero-order valence-corrected chi connectivity index (χ0v) is 23.4. The maximum Gasteiger partial charge on any atom is 0.228 e. The van der Waals surface area contributed by atoms with E-state index in [2.05, 4.69) is 23.7 Å². The van der Waals surface area contributed by atoms with Crippen LogP contribution in [0.25, 0.3) is 0 Å². The van der Waals surface area contributed by atoms with Crippen molar-refractivity contribution >= 4 is 17.4 Å². The molecule has 3 aromatic carbocycles. The molecule has 1 aliphatic rings. The number of hydrogen-bond acceptors (Lipinski definition) is 6. The second-order valence-corrected chi connectivity index (χ2v) is 10.4. The number of Topliss-reactive ketones (excluding diaryl/α,β-unsaturated/α-hetero) is 1. The Hall–Kier alpha value is -3.62. The van der Waals surface area contributed by atoms with Gasteiger partial charge in [0.15, 0.2) is 12.1 Å². The number of nitrogens with one attached hydrogen (secondary N) is 1. The van der Waals surface area contributed by atoms with E-state index in [-0.39, 0.29) is 42.8 Å². The fraction of sp³-hybridized carbons (Fsp3) is 0.333. The summed E-state index contributed by atoms with van der Waals surface area (Å²) in [6.45, 7) is 8.96. The summed E-state index contributed by atoms with van der Waals surface area (Å²) in [5, 5.41) is 12.3. The van der Waals surface area contributed by atoms with Crippen LogP contribution in [0.1, 0.15) is 58.9 Å². The minimum absolute atomic E-state index is 0.00274. The average molecular weight is 543 g/mol. The third kappa shape index (κ3) is 7.52. The number of hydrogen-bond donors (Lipinski definition) is 2. The van der Waals surface area contributed by atoms with Crippen LogP contribution >= 0.6 is 0 Å². The highest BCUT2D eigenvalue weighted by Crippen LogP contribution is 2.41. The van der Waals surface area contributed by atoms with Crippen molar-refractivity contribution in [1.29, 1.82) is 0 Å². The molecule has 0 spiro atoms. The lowest BCUT2D eigenvalue weighted by Gasteiger charge is -2.42. The van der Waals surface area contributed by atoms with Crippen molar-refractivity contribution in [2.24, 2.45) is 5.92 Å². The second kappa shape index (κ2) is 13.6. The number of aliphatic hydroxyl groups excluding tert-OH is 1. The van der Waals surface area contributed by atoms with E-state index in [0.29, 0.717) is 11.3 Å². The largest absolute Gasteiger partial charge is 0.392 e. The normalized spacial score (nSPS) is 20.7. The van der Waals surface area contributed by atoms with E-state index in [1.54, 1.807) is 24.3 Å². The molecular formula is C33H38N2O5. The van der Waals surface area contributed by atoms with Gasteiger partial charge in [-0.1, -0.05) is 73.7 Å². The number of carbonyl (C=O) groups excluding carboxylic acids is 2. The van der Waals surface area contributed by atoms with Crippen LogP contribution in [0, 0.1) is 5.92 Å². The molecule has 1 aliphatic heterocycles. The van der Waals surface area contributed by atoms with Gasteiger partial charge in [0.25, 0.3) is 0 Å². The molecule has 3 aromatic rings. The Labute approximate surface area is 236 Å². The van der Waals surface area contributed by atoms with Crippen molar-refractivity contribution in [1.82, 2.24) is 4.90 Å². The summed E-state index contributed by atoms with van der Waals surface area (Å²) in [7, 11) is 2.05. The first kappa shape index (κ1) is 29.4. The number of likely N-dealkylation sites (N-methyl/N-ethyl adjacent to an activating group) is 1. The Morgan fingerprint density at radius 3 is 2.33 bits per heavy atom. The van der Waals surface area contributed by atoms with Crippen LogP contribution < -0.4 is 5.32 Å². The van der Waals surface area contributed by atoms with Crippen LogP contribution in [0.3, 0.4) is 0 Å². The predicted octanol–water partition coefficient (Wildman–Crippen LogP) is 5.47. The highest BCUT2D eigenvalue weighted by atomic mass is 16.7. The molecule has 0 radical (unpaired) electrons. The molecule has 7 nitrogen and oxygen atoms in total. The van der Waals surface area contributed by atoms with Gasteiger partial charge in [0, 0.05) is 35.8 Å². The minimum atomic E-state index is -0.571. The monoisotopic (exact) mass is 542 g/mol. The number of ketones is 1. The van der Waals surface area contributed by atoms with Crippen molar-refractivity contribution in [2.75, 3.05) is 25.5 Å². The van der Waals surface area contributed by atoms with Crippen molar-refractivity contribution in [3.63, 3.8) is 0 Å². The lowest BCUT2D eigenvalue weighted by atomic mass is 9.90. The summed E-state index contributed by atoms with van der Waals surface area (Å²) >= 11 is 0. The summed E-state index contributed by atoms with van der Waals surface area (Å²) in [4.78, 5) is 26.5. The predicted molar refractivity (Wildman–Crippen MR) is 156 cm³/mol. The van der Waals surface area contributed by atoms with Gasteiger partial charge in [0.1, 0.15) is 0 Å². The number of rotatable bonds is 11. The second-order valence-electron chi connectivity index (χ2n) is 10.4. The van der Waals surface area contributed by atoms with Gasteiger partial charge in [-0.25, -0.2) is 0 Å². The van der Waals surface area contributed by atoms with Crippen LogP contribution in [0.5, 0.6) is 0 Å². The van der Waals surface area contributed by atoms with Gasteiger partial charge in [-0.3, -0.25) is 9.59 Å². The zero-order chi connectivity index (χ0) is 28.6. The fourth-order valence-corrected chi connectivity index (χ4v) is 4.93. The molecule has 0 aromatic heterocycles. The van der Waals surface area contributed by atoms with Crippen LogP contribution in [0.15, 0.2) is 85.5 Å². The highest BCUT2D eigenvalue weighted by Gasteiger charge is 2.38. The first-order chi connectivity index (χ1) is 19.3.